The molecule has 13 N–H and O–H groups in total. The number of guanidine groups is 4. The summed E-state index contributed by atoms with van der Waals surface area (Å²) in [5, 5.41) is 9.37. The number of hydrogen-bond acceptors (Lipinski definition) is 5. The van der Waals surface area contributed by atoms with E-state index in [0.717, 1.165) is 155 Å². The highest BCUT2D eigenvalue weighted by Crippen LogP contribution is 2.12. The van der Waals surface area contributed by atoms with Crippen molar-refractivity contribution in [3.63, 3.8) is 0 Å². The van der Waals surface area contributed by atoms with Gasteiger partial charge in [0.2, 0.25) is 0 Å². The van der Waals surface area contributed by atoms with Crippen molar-refractivity contribution in [2.45, 2.75) is 124 Å². The number of amides is 2. The normalized spacial score (nSPS) is 12.1. The molecule has 0 saturated carbocycles. The number of carbonyl (C=O) groups is 1. The van der Waals surface area contributed by atoms with Gasteiger partial charge in [-0.1, -0.05) is 51.4 Å². The van der Waals surface area contributed by atoms with E-state index >= 15 is 0 Å². The number of nitrogens with one attached hydrogen (secondary N) is 3. The molecule has 0 fully saturated rings. The second-order valence-electron chi connectivity index (χ2n) is 12.6. The van der Waals surface area contributed by atoms with Crippen LogP contribution in [0.2, 0.25) is 0 Å². The molecule has 0 aromatic carbocycles. The Hall–Kier alpha value is -3.65. The zero-order valence-electron chi connectivity index (χ0n) is 32.1. The van der Waals surface area contributed by atoms with E-state index in [4.69, 9.17) is 28.7 Å². The van der Waals surface area contributed by atoms with Crippen LogP contribution in [0, 0.1) is 0 Å². The molecule has 0 saturated heterocycles. The first kappa shape index (κ1) is 46.4. The van der Waals surface area contributed by atoms with Gasteiger partial charge in [0.15, 0.2) is 23.8 Å². The van der Waals surface area contributed by atoms with E-state index in [1.807, 2.05) is 20.8 Å². The molecule has 0 atom stereocenters. The molecule has 0 bridgehead atoms. The SMILES string of the molecule is CCN=C(N)NCCCCCCN(CCCCCCNC(N)=NCC)C(=O)N(CCCCCCN=C(N)N)CCCCCCN=C(N)NCC. The molecule has 0 aromatic heterocycles. The number of unbranched alkanes of at least 4 members (excludes halogenated alkanes) is 12. The van der Waals surface area contributed by atoms with Gasteiger partial charge in [-0.3, -0.25) is 20.0 Å². The lowest BCUT2D eigenvalue weighted by atomic mass is 10.1. The predicted octanol–water partition coefficient (Wildman–Crippen LogP) is 3.00. The first-order valence-corrected chi connectivity index (χ1v) is 19.5. The highest BCUT2D eigenvalue weighted by atomic mass is 16.2. The average Bonchev–Trinajstić information content (AvgIpc) is 3.08. The maximum Gasteiger partial charge on any atom is 0.319 e. The summed E-state index contributed by atoms with van der Waals surface area (Å²) in [5.74, 6) is 1.66. The Bertz CT molecular complexity index is 902. The molecule has 0 unspecified atom stereocenters. The summed E-state index contributed by atoms with van der Waals surface area (Å²) in [7, 11) is 0. The van der Waals surface area contributed by atoms with E-state index in [0.29, 0.717) is 37.5 Å². The molecule has 0 heterocycles. The third kappa shape index (κ3) is 29.3. The van der Waals surface area contributed by atoms with E-state index in [2.05, 4.69) is 45.7 Å². The highest BCUT2D eigenvalue weighted by molar-refractivity contribution is 5.78. The third-order valence-electron chi connectivity index (χ3n) is 8.13. The Morgan fingerprint density at radius 2 is 0.820 bits per heavy atom. The van der Waals surface area contributed by atoms with Crippen LogP contribution in [-0.4, -0.2) is 112 Å². The van der Waals surface area contributed by atoms with E-state index in [-0.39, 0.29) is 12.0 Å². The first-order chi connectivity index (χ1) is 24.2. The quantitative estimate of drug-likeness (QED) is 0.0300. The van der Waals surface area contributed by atoms with Gasteiger partial charge in [-0.25, -0.2) is 4.79 Å². The first-order valence-electron chi connectivity index (χ1n) is 19.5. The molecule has 2 amide bonds. The van der Waals surface area contributed by atoms with Crippen molar-refractivity contribution in [3.8, 4) is 0 Å². The van der Waals surface area contributed by atoms with E-state index < -0.39 is 0 Å². The minimum Gasteiger partial charge on any atom is -0.370 e. The van der Waals surface area contributed by atoms with Crippen LogP contribution in [0.15, 0.2) is 20.0 Å². The van der Waals surface area contributed by atoms with Gasteiger partial charge in [0.1, 0.15) is 0 Å². The molecule has 292 valence electrons. The molecular weight excluding hydrogens is 632 g/mol. The summed E-state index contributed by atoms with van der Waals surface area (Å²) in [6, 6.07) is 0.170. The summed E-state index contributed by atoms with van der Waals surface area (Å²) in [4.78, 5) is 35.1. The van der Waals surface area contributed by atoms with Crippen molar-refractivity contribution in [2.75, 3.05) is 72.0 Å². The Morgan fingerprint density at radius 1 is 0.460 bits per heavy atom. The molecule has 0 aromatic rings. The van der Waals surface area contributed by atoms with Crippen LogP contribution in [0.4, 0.5) is 4.79 Å². The van der Waals surface area contributed by atoms with Crippen LogP contribution in [0.1, 0.15) is 124 Å². The monoisotopic (exact) mass is 709 g/mol. The number of nitrogens with zero attached hydrogens (tertiary/aromatic N) is 6. The van der Waals surface area contributed by atoms with Crippen molar-refractivity contribution < 1.29 is 4.79 Å². The molecular formula is C35H76N14O. The molecule has 0 rings (SSSR count). The lowest BCUT2D eigenvalue weighted by molar-refractivity contribution is 0.148. The van der Waals surface area contributed by atoms with Crippen LogP contribution in [-0.2, 0) is 0 Å². The van der Waals surface area contributed by atoms with E-state index in [1.165, 1.54) is 0 Å². The number of urea groups is 1. The van der Waals surface area contributed by atoms with Crippen LogP contribution in [0.25, 0.3) is 0 Å². The lowest BCUT2D eigenvalue weighted by Gasteiger charge is -2.31. The van der Waals surface area contributed by atoms with Crippen molar-refractivity contribution in [3.05, 3.63) is 0 Å². The number of aliphatic imine (C=N–C) groups is 4. The summed E-state index contributed by atoms with van der Waals surface area (Å²) in [6.45, 7) is 14.2. The van der Waals surface area contributed by atoms with Gasteiger partial charge in [-0.15, -0.1) is 0 Å². The second kappa shape index (κ2) is 33.8. The Labute approximate surface area is 304 Å². The molecule has 15 nitrogen and oxygen atoms in total. The minimum atomic E-state index is 0.139. The fourth-order valence-electron chi connectivity index (χ4n) is 5.43. The standard InChI is InChI=1S/C35H76N14O/c1-4-41-32(38)45-24-16-8-12-20-28-48(27-19-11-7-15-23-44-31(36)37)35(50)49(29-21-13-9-17-25-46-33(39)42-5-2)30-22-14-10-18-26-47-34(40)43-6-3/h4-30H2,1-3H3,(H4,36,37,44)(H3,38,41,45)(H3,39,42,46)(H3,40,43,47). The summed E-state index contributed by atoms with van der Waals surface area (Å²) >= 11 is 0. The molecule has 0 spiro atoms. The van der Waals surface area contributed by atoms with Crippen LogP contribution >= 0.6 is 0 Å². The van der Waals surface area contributed by atoms with Gasteiger partial charge in [0, 0.05) is 72.0 Å². The minimum absolute atomic E-state index is 0.139. The van der Waals surface area contributed by atoms with Crippen molar-refractivity contribution in [1.29, 1.82) is 0 Å². The highest BCUT2D eigenvalue weighted by Gasteiger charge is 2.20. The maximum absolute atomic E-state index is 14.1. The summed E-state index contributed by atoms with van der Waals surface area (Å²) in [5.41, 5.74) is 28.5. The molecule has 50 heavy (non-hydrogen) atoms. The van der Waals surface area contributed by atoms with Crippen LogP contribution < -0.4 is 44.6 Å². The van der Waals surface area contributed by atoms with Crippen LogP contribution in [0.3, 0.4) is 0 Å². The topological polar surface area (TPSA) is 239 Å². The molecule has 0 radical (unpaired) electrons. The number of carbonyl (C=O) groups excluding carboxylic acids is 1. The number of rotatable bonds is 31. The fourth-order valence-corrected chi connectivity index (χ4v) is 5.43. The Kier molecular flexibility index (Phi) is 31.4. The van der Waals surface area contributed by atoms with Gasteiger partial charge >= 0.3 is 6.03 Å². The maximum atomic E-state index is 14.1. The molecule has 0 aliphatic heterocycles. The third-order valence-corrected chi connectivity index (χ3v) is 8.13. The van der Waals surface area contributed by atoms with Crippen LogP contribution in [0.5, 0.6) is 0 Å². The summed E-state index contributed by atoms with van der Waals surface area (Å²) < 4.78 is 0. The summed E-state index contributed by atoms with van der Waals surface area (Å²) in [6.07, 6.45) is 16.4. The van der Waals surface area contributed by atoms with Gasteiger partial charge in [-0.05, 0) is 72.1 Å². The van der Waals surface area contributed by atoms with Crippen molar-refractivity contribution in [1.82, 2.24) is 25.8 Å². The number of hydrogen-bond donors (Lipinski definition) is 8. The van der Waals surface area contributed by atoms with E-state index in [9.17, 15) is 4.79 Å². The largest absolute Gasteiger partial charge is 0.370 e. The van der Waals surface area contributed by atoms with Gasteiger partial charge < -0.3 is 54.4 Å². The number of nitrogens with two attached hydrogens (primary N) is 5. The zero-order chi connectivity index (χ0) is 37.1. The second-order valence-corrected chi connectivity index (χ2v) is 12.6. The smallest absolute Gasteiger partial charge is 0.319 e. The predicted molar refractivity (Wildman–Crippen MR) is 214 cm³/mol. The van der Waals surface area contributed by atoms with Gasteiger partial charge in [0.05, 0.1) is 0 Å². The molecule has 0 aliphatic carbocycles. The van der Waals surface area contributed by atoms with E-state index in [1.54, 1.807) is 0 Å². The zero-order valence-corrected chi connectivity index (χ0v) is 32.1. The Morgan fingerprint density at radius 3 is 1.20 bits per heavy atom. The Balaban J connectivity index is 5.17. The average molecular weight is 709 g/mol. The lowest BCUT2D eigenvalue weighted by Crippen LogP contribution is -2.45. The van der Waals surface area contributed by atoms with Gasteiger partial charge in [-0.2, -0.15) is 0 Å². The van der Waals surface area contributed by atoms with Gasteiger partial charge in [0.25, 0.3) is 0 Å². The fraction of sp³-hybridized carbons (Fsp3) is 0.857. The molecule has 0 aliphatic rings. The van der Waals surface area contributed by atoms with Crippen molar-refractivity contribution in [2.24, 2.45) is 48.6 Å². The molecule has 15 heteroatoms. The van der Waals surface area contributed by atoms with Crippen molar-refractivity contribution >= 4 is 29.9 Å².